The highest BCUT2D eigenvalue weighted by Crippen LogP contribution is 2.36. The molecule has 0 bridgehead atoms. The van der Waals surface area contributed by atoms with Gasteiger partial charge in [0, 0.05) is 7.11 Å². The highest BCUT2D eigenvalue weighted by atomic mass is 28.4. The Morgan fingerprint density at radius 3 is 1.81 bits per heavy atom. The zero-order chi connectivity index (χ0) is 23.8. The summed E-state index contributed by atoms with van der Waals surface area (Å²) >= 11 is 0. The molecule has 4 nitrogen and oxygen atoms in total. The fourth-order valence-corrected chi connectivity index (χ4v) is 8.83. The van der Waals surface area contributed by atoms with Crippen LogP contribution in [0.1, 0.15) is 47.5 Å². The van der Waals surface area contributed by atoms with Gasteiger partial charge >= 0.3 is 0 Å². The highest BCUT2D eigenvalue weighted by Gasteiger charge is 2.50. The van der Waals surface area contributed by atoms with E-state index in [1.165, 1.54) is 0 Å². The van der Waals surface area contributed by atoms with Crippen molar-refractivity contribution in [3.8, 4) is 0 Å². The van der Waals surface area contributed by atoms with Gasteiger partial charge in [-0.1, -0.05) is 107 Å². The lowest BCUT2D eigenvalue weighted by atomic mass is 9.98. The van der Waals surface area contributed by atoms with E-state index in [2.05, 4.69) is 52.0 Å². The first-order valence-electron chi connectivity index (χ1n) is 11.5. The molecule has 0 heterocycles. The van der Waals surface area contributed by atoms with Crippen molar-refractivity contribution in [2.24, 2.45) is 0 Å². The van der Waals surface area contributed by atoms with Crippen molar-refractivity contribution < 1.29 is 19.4 Å². The second-order valence-corrected chi connectivity index (χ2v) is 14.0. The van der Waals surface area contributed by atoms with E-state index in [0.717, 1.165) is 23.2 Å². The minimum absolute atomic E-state index is 0.0380. The quantitative estimate of drug-likeness (QED) is 0.396. The number of hydrogen-bond donors (Lipinski definition) is 2. The lowest BCUT2D eigenvalue weighted by Crippen LogP contribution is -2.67. The first-order valence-corrected chi connectivity index (χ1v) is 13.4. The number of rotatable bonds is 11. The van der Waals surface area contributed by atoms with E-state index in [9.17, 15) is 10.2 Å². The summed E-state index contributed by atoms with van der Waals surface area (Å²) in [4.78, 5) is 0. The van der Waals surface area contributed by atoms with Gasteiger partial charge in [-0.15, -0.1) is 0 Å². The molecule has 0 unspecified atom stereocenters. The number of aliphatic hydroxyl groups is 2. The lowest BCUT2D eigenvalue weighted by Gasteiger charge is -2.43. The number of aliphatic hydroxyl groups excluding tert-OH is 2. The molecular weight excluding hydrogens is 416 g/mol. The van der Waals surface area contributed by atoms with Crippen molar-refractivity contribution in [3.05, 3.63) is 72.8 Å². The van der Waals surface area contributed by atoms with Crippen LogP contribution < -0.4 is 10.4 Å². The van der Waals surface area contributed by atoms with Gasteiger partial charge in [0.25, 0.3) is 8.32 Å². The Balaban J connectivity index is 2.33. The molecule has 5 heteroatoms. The third-order valence-electron chi connectivity index (χ3n) is 6.14. The van der Waals surface area contributed by atoms with Crippen molar-refractivity contribution >= 4 is 18.7 Å². The summed E-state index contributed by atoms with van der Waals surface area (Å²) in [7, 11) is -1.10. The summed E-state index contributed by atoms with van der Waals surface area (Å²) in [5, 5.41) is 23.5. The summed E-state index contributed by atoms with van der Waals surface area (Å²) in [6.07, 6.45) is 3.17. The Hall–Kier alpha value is -1.76. The summed E-state index contributed by atoms with van der Waals surface area (Å²) in [5.74, 6) is 0. The maximum absolute atomic E-state index is 10.8. The SMILES string of the molecule is CCC[C@@](C)(/C=C\[C@H](O)[C@H](O)CO[Si](c1ccccc1)(c1ccccc1)C(C)(C)C)OC. The molecule has 2 aromatic carbocycles. The van der Waals surface area contributed by atoms with Gasteiger partial charge in [-0.25, -0.2) is 0 Å². The standard InChI is InChI=1S/C27H40O4Si/c1-7-19-27(5,30-6)20-18-24(28)25(29)21-31-32(26(2,3)4,22-14-10-8-11-15-22)23-16-12-9-13-17-23/h8-18,20,24-25,28-29H,7,19,21H2,1-6H3/b20-18-/t24-,25+,27-/m0/s1. The molecule has 0 aromatic heterocycles. The minimum atomic E-state index is -2.76. The van der Waals surface area contributed by atoms with E-state index in [1.54, 1.807) is 13.2 Å². The average Bonchev–Trinajstić information content (AvgIpc) is 2.78. The second kappa shape index (κ2) is 11.4. The minimum Gasteiger partial charge on any atom is -0.405 e. The van der Waals surface area contributed by atoms with Crippen LogP contribution in [-0.2, 0) is 9.16 Å². The molecule has 0 fully saturated rings. The summed E-state index contributed by atoms with van der Waals surface area (Å²) in [5.41, 5.74) is -0.464. The van der Waals surface area contributed by atoms with Crippen molar-refractivity contribution in [2.45, 2.75) is 70.3 Å². The Labute approximate surface area is 195 Å². The van der Waals surface area contributed by atoms with Gasteiger partial charge in [0.05, 0.1) is 12.2 Å². The average molecular weight is 457 g/mol. The van der Waals surface area contributed by atoms with Gasteiger partial charge in [-0.3, -0.25) is 0 Å². The molecule has 32 heavy (non-hydrogen) atoms. The predicted molar refractivity (Wildman–Crippen MR) is 135 cm³/mol. The van der Waals surface area contributed by atoms with Gasteiger partial charge in [0.1, 0.15) is 12.2 Å². The molecule has 2 aromatic rings. The van der Waals surface area contributed by atoms with Crippen LogP contribution in [-0.4, -0.2) is 50.1 Å². The molecule has 0 saturated heterocycles. The third-order valence-corrected chi connectivity index (χ3v) is 11.1. The monoisotopic (exact) mass is 456 g/mol. The summed E-state index contributed by atoms with van der Waals surface area (Å²) < 4.78 is 12.3. The van der Waals surface area contributed by atoms with Crippen LogP contribution in [0.15, 0.2) is 72.8 Å². The molecule has 3 atom stereocenters. The van der Waals surface area contributed by atoms with E-state index in [0.29, 0.717) is 0 Å². The van der Waals surface area contributed by atoms with Gasteiger partial charge in [-0.2, -0.15) is 0 Å². The van der Waals surface area contributed by atoms with Crippen LogP contribution in [0.3, 0.4) is 0 Å². The third kappa shape index (κ3) is 6.18. The molecule has 0 aliphatic carbocycles. The van der Waals surface area contributed by atoms with Gasteiger partial charge in [0.15, 0.2) is 0 Å². The van der Waals surface area contributed by atoms with Crippen molar-refractivity contribution in [1.82, 2.24) is 0 Å². The molecule has 2 rings (SSSR count). The van der Waals surface area contributed by atoms with E-state index in [-0.39, 0.29) is 11.6 Å². The molecule has 0 spiro atoms. The first kappa shape index (κ1) is 26.5. The molecular formula is C27H40O4Si. The first-order chi connectivity index (χ1) is 15.1. The maximum atomic E-state index is 10.8. The Morgan fingerprint density at radius 1 is 0.906 bits per heavy atom. The Bertz CT molecular complexity index is 792. The Morgan fingerprint density at radius 2 is 1.41 bits per heavy atom. The van der Waals surface area contributed by atoms with Crippen LogP contribution in [0.5, 0.6) is 0 Å². The van der Waals surface area contributed by atoms with E-state index in [1.807, 2.05) is 49.4 Å². The van der Waals surface area contributed by atoms with Crippen molar-refractivity contribution in [3.63, 3.8) is 0 Å². The summed E-state index contributed by atoms with van der Waals surface area (Å²) in [6, 6.07) is 20.6. The summed E-state index contributed by atoms with van der Waals surface area (Å²) in [6.45, 7) is 10.7. The molecule has 0 radical (unpaired) electrons. The number of ether oxygens (including phenoxy) is 1. The maximum Gasteiger partial charge on any atom is 0.261 e. The van der Waals surface area contributed by atoms with E-state index < -0.39 is 26.1 Å². The molecule has 0 saturated carbocycles. The topological polar surface area (TPSA) is 58.9 Å². The fourth-order valence-electron chi connectivity index (χ4n) is 4.25. The van der Waals surface area contributed by atoms with Gasteiger partial charge in [-0.05, 0) is 28.8 Å². The van der Waals surface area contributed by atoms with Gasteiger partial charge in [0.2, 0.25) is 0 Å². The van der Waals surface area contributed by atoms with E-state index in [4.69, 9.17) is 9.16 Å². The second-order valence-electron chi connectivity index (χ2n) is 9.66. The smallest absolute Gasteiger partial charge is 0.261 e. The zero-order valence-electron chi connectivity index (χ0n) is 20.4. The van der Waals surface area contributed by atoms with Crippen LogP contribution in [0.4, 0.5) is 0 Å². The zero-order valence-corrected chi connectivity index (χ0v) is 21.4. The van der Waals surface area contributed by atoms with Crippen LogP contribution in [0, 0.1) is 0 Å². The number of benzene rings is 2. The van der Waals surface area contributed by atoms with Crippen molar-refractivity contribution in [1.29, 1.82) is 0 Å². The molecule has 2 N–H and O–H groups in total. The number of methoxy groups -OCH3 is 1. The van der Waals surface area contributed by atoms with Crippen LogP contribution in [0.2, 0.25) is 5.04 Å². The molecule has 0 aliphatic heterocycles. The van der Waals surface area contributed by atoms with Gasteiger partial charge < -0.3 is 19.4 Å². The molecule has 176 valence electrons. The lowest BCUT2D eigenvalue weighted by molar-refractivity contribution is 0.0102. The number of hydrogen-bond acceptors (Lipinski definition) is 4. The fraction of sp³-hybridized carbons (Fsp3) is 0.481. The molecule has 0 aliphatic rings. The molecule has 0 amide bonds. The van der Waals surface area contributed by atoms with E-state index >= 15 is 0 Å². The highest BCUT2D eigenvalue weighted by molar-refractivity contribution is 6.99. The normalized spacial score (nSPS) is 16.6. The Kier molecular flexibility index (Phi) is 9.43. The largest absolute Gasteiger partial charge is 0.405 e. The van der Waals surface area contributed by atoms with Crippen LogP contribution in [0.25, 0.3) is 0 Å². The predicted octanol–water partition coefficient (Wildman–Crippen LogP) is 4.05. The van der Waals surface area contributed by atoms with Crippen LogP contribution >= 0.6 is 0 Å². The van der Waals surface area contributed by atoms with Crippen molar-refractivity contribution in [2.75, 3.05) is 13.7 Å².